The van der Waals surface area contributed by atoms with E-state index < -0.39 is 5.97 Å². The van der Waals surface area contributed by atoms with Gasteiger partial charge in [-0.2, -0.15) is 0 Å². The van der Waals surface area contributed by atoms with Crippen LogP contribution in [0.2, 0.25) is 0 Å². The molecule has 2 rings (SSSR count). The van der Waals surface area contributed by atoms with Crippen molar-refractivity contribution in [2.24, 2.45) is 11.3 Å². The normalized spacial score (nSPS) is 40.8. The highest BCUT2D eigenvalue weighted by atomic mass is 16.6. The molecule has 3 unspecified atom stereocenters. The Balaban J connectivity index is 2.14. The third-order valence-corrected chi connectivity index (χ3v) is 3.67. The second-order valence-electron chi connectivity index (χ2n) is 4.53. The van der Waals surface area contributed by atoms with E-state index in [2.05, 4.69) is 0 Å². The van der Waals surface area contributed by atoms with E-state index in [1.165, 1.54) is 0 Å². The first-order valence-electron chi connectivity index (χ1n) is 4.93. The summed E-state index contributed by atoms with van der Waals surface area (Å²) in [4.78, 5) is 21.8. The van der Waals surface area contributed by atoms with Gasteiger partial charge in [0.05, 0.1) is 6.42 Å². The van der Waals surface area contributed by atoms with Gasteiger partial charge in [0.2, 0.25) is 0 Å². The molecule has 0 spiro atoms. The second-order valence-corrected chi connectivity index (χ2v) is 4.53. The van der Waals surface area contributed by atoms with E-state index in [1.54, 1.807) is 0 Å². The van der Waals surface area contributed by atoms with Crippen molar-refractivity contribution >= 4 is 11.9 Å². The molecule has 0 radical (unpaired) electrons. The lowest BCUT2D eigenvalue weighted by atomic mass is 9.75. The first kappa shape index (κ1) is 9.49. The van der Waals surface area contributed by atoms with Gasteiger partial charge >= 0.3 is 11.9 Å². The number of carboxylic acids is 1. The maximum Gasteiger partial charge on any atom is 0.306 e. The molecule has 1 heterocycles. The van der Waals surface area contributed by atoms with Gasteiger partial charge in [0, 0.05) is 11.8 Å². The Bertz CT molecular complexity index is 286. The van der Waals surface area contributed by atoms with Crippen molar-refractivity contribution < 1.29 is 19.4 Å². The third-order valence-electron chi connectivity index (χ3n) is 3.67. The van der Waals surface area contributed by atoms with Crippen molar-refractivity contribution in [2.45, 2.75) is 38.7 Å². The van der Waals surface area contributed by atoms with Crippen molar-refractivity contribution in [3.05, 3.63) is 0 Å². The van der Waals surface area contributed by atoms with Crippen LogP contribution in [-0.4, -0.2) is 23.1 Å². The maximum atomic E-state index is 11.1. The molecular weight excluding hydrogens is 184 g/mol. The lowest BCUT2D eigenvalue weighted by Crippen LogP contribution is -2.29. The third kappa shape index (κ3) is 1.29. The fourth-order valence-electron chi connectivity index (χ4n) is 2.78. The first-order chi connectivity index (χ1) is 6.52. The highest BCUT2D eigenvalue weighted by Crippen LogP contribution is 2.52. The standard InChI is InChI=1S/C10H14O4/c1-10-5-9(13)14-7(10)3-2-6(10)4-8(11)12/h6-7H,2-5H2,1H3,(H,11,12). The molecular formula is C10H14O4. The number of ether oxygens (including phenoxy) is 1. The van der Waals surface area contributed by atoms with Crippen LogP contribution in [0, 0.1) is 11.3 Å². The summed E-state index contributed by atoms with van der Waals surface area (Å²) in [6, 6.07) is 0. The number of carbonyl (C=O) groups is 2. The molecule has 0 aromatic heterocycles. The number of carbonyl (C=O) groups excluding carboxylic acids is 1. The molecule has 1 aliphatic carbocycles. The van der Waals surface area contributed by atoms with Crippen LogP contribution in [-0.2, 0) is 14.3 Å². The summed E-state index contributed by atoms with van der Waals surface area (Å²) in [5.74, 6) is -0.861. The zero-order chi connectivity index (χ0) is 10.3. The summed E-state index contributed by atoms with van der Waals surface area (Å²) in [7, 11) is 0. The van der Waals surface area contributed by atoms with Crippen LogP contribution in [0.1, 0.15) is 32.6 Å². The Kier molecular flexibility index (Phi) is 2.01. The number of fused-ring (bicyclic) bond motifs is 1. The summed E-state index contributed by atoms with van der Waals surface area (Å²) in [6.07, 6.45) is 2.18. The molecule has 2 aliphatic rings. The topological polar surface area (TPSA) is 63.6 Å². The van der Waals surface area contributed by atoms with Crippen molar-refractivity contribution in [3.8, 4) is 0 Å². The monoisotopic (exact) mass is 198 g/mol. The number of esters is 1. The van der Waals surface area contributed by atoms with Gasteiger partial charge in [0.1, 0.15) is 6.10 Å². The molecule has 1 N–H and O–H groups in total. The highest BCUT2D eigenvalue weighted by Gasteiger charge is 2.54. The summed E-state index contributed by atoms with van der Waals surface area (Å²) in [6.45, 7) is 1.98. The Morgan fingerprint density at radius 3 is 3.00 bits per heavy atom. The van der Waals surface area contributed by atoms with Crippen LogP contribution in [0.4, 0.5) is 0 Å². The van der Waals surface area contributed by atoms with Crippen molar-refractivity contribution in [2.75, 3.05) is 0 Å². The van der Waals surface area contributed by atoms with E-state index >= 15 is 0 Å². The Hall–Kier alpha value is -1.06. The number of rotatable bonds is 2. The summed E-state index contributed by atoms with van der Waals surface area (Å²) >= 11 is 0. The Morgan fingerprint density at radius 2 is 2.36 bits per heavy atom. The molecule has 0 bridgehead atoms. The molecule has 1 aliphatic heterocycles. The average molecular weight is 198 g/mol. The van der Waals surface area contributed by atoms with E-state index in [0.717, 1.165) is 12.8 Å². The second kappa shape index (κ2) is 2.97. The number of carboxylic acid groups (broad SMARTS) is 1. The van der Waals surface area contributed by atoms with Gasteiger partial charge < -0.3 is 9.84 Å². The van der Waals surface area contributed by atoms with Crippen molar-refractivity contribution in [3.63, 3.8) is 0 Å². The van der Waals surface area contributed by atoms with Gasteiger partial charge in [-0.25, -0.2) is 0 Å². The smallest absolute Gasteiger partial charge is 0.306 e. The predicted octanol–water partition coefficient (Wildman–Crippen LogP) is 1.19. The van der Waals surface area contributed by atoms with E-state index in [9.17, 15) is 9.59 Å². The summed E-state index contributed by atoms with van der Waals surface area (Å²) < 4.78 is 5.17. The molecule has 1 saturated carbocycles. The minimum atomic E-state index is -0.781. The lowest BCUT2D eigenvalue weighted by molar-refractivity contribution is -0.141. The molecule has 0 amide bonds. The van der Waals surface area contributed by atoms with Crippen molar-refractivity contribution in [1.29, 1.82) is 0 Å². The maximum absolute atomic E-state index is 11.1. The average Bonchev–Trinajstić information content (AvgIpc) is 2.46. The molecule has 0 aromatic carbocycles. The van der Waals surface area contributed by atoms with Gasteiger partial charge in [-0.3, -0.25) is 9.59 Å². The molecule has 3 atom stereocenters. The van der Waals surface area contributed by atoms with Crippen LogP contribution < -0.4 is 0 Å². The zero-order valence-corrected chi connectivity index (χ0v) is 8.16. The fourth-order valence-corrected chi connectivity index (χ4v) is 2.78. The number of hydrogen-bond acceptors (Lipinski definition) is 3. The van der Waals surface area contributed by atoms with Crippen LogP contribution in [0.5, 0.6) is 0 Å². The van der Waals surface area contributed by atoms with Crippen LogP contribution in [0.3, 0.4) is 0 Å². The highest BCUT2D eigenvalue weighted by molar-refractivity contribution is 5.74. The van der Waals surface area contributed by atoms with Gasteiger partial charge in [-0.15, -0.1) is 0 Å². The minimum Gasteiger partial charge on any atom is -0.481 e. The Labute approximate surface area is 82.2 Å². The number of hydrogen-bond donors (Lipinski definition) is 1. The first-order valence-corrected chi connectivity index (χ1v) is 4.93. The molecule has 78 valence electrons. The van der Waals surface area contributed by atoms with Gasteiger partial charge in [-0.1, -0.05) is 6.92 Å². The molecule has 0 aromatic rings. The van der Waals surface area contributed by atoms with E-state index in [4.69, 9.17) is 9.84 Å². The van der Waals surface area contributed by atoms with Gasteiger partial charge in [0.15, 0.2) is 0 Å². The summed E-state index contributed by atoms with van der Waals surface area (Å²) in [5.41, 5.74) is -0.227. The van der Waals surface area contributed by atoms with Gasteiger partial charge in [-0.05, 0) is 18.8 Å². The van der Waals surface area contributed by atoms with E-state index in [-0.39, 0.29) is 29.8 Å². The zero-order valence-electron chi connectivity index (χ0n) is 8.16. The Morgan fingerprint density at radius 1 is 1.64 bits per heavy atom. The predicted molar refractivity (Wildman–Crippen MR) is 47.6 cm³/mol. The van der Waals surface area contributed by atoms with E-state index in [1.807, 2.05) is 6.92 Å². The van der Waals surface area contributed by atoms with E-state index in [0.29, 0.717) is 6.42 Å². The minimum absolute atomic E-state index is 0.0423. The lowest BCUT2D eigenvalue weighted by Gasteiger charge is -2.27. The quantitative estimate of drug-likeness (QED) is 0.677. The van der Waals surface area contributed by atoms with Gasteiger partial charge in [0.25, 0.3) is 0 Å². The molecule has 14 heavy (non-hydrogen) atoms. The van der Waals surface area contributed by atoms with Crippen LogP contribution in [0.25, 0.3) is 0 Å². The molecule has 4 heteroatoms. The van der Waals surface area contributed by atoms with Crippen LogP contribution in [0.15, 0.2) is 0 Å². The fraction of sp³-hybridized carbons (Fsp3) is 0.800. The number of aliphatic carboxylic acids is 1. The molecule has 1 saturated heterocycles. The van der Waals surface area contributed by atoms with Crippen molar-refractivity contribution in [1.82, 2.24) is 0 Å². The summed E-state index contributed by atoms with van der Waals surface area (Å²) in [5, 5.41) is 8.75. The SMILES string of the molecule is CC12CC(=O)OC1CCC2CC(=O)O. The van der Waals surface area contributed by atoms with Crippen LogP contribution >= 0.6 is 0 Å². The molecule has 4 nitrogen and oxygen atoms in total. The largest absolute Gasteiger partial charge is 0.481 e. The molecule has 2 fully saturated rings.